The molecule has 0 unspecified atom stereocenters. The lowest BCUT2D eigenvalue weighted by molar-refractivity contribution is -0.0478. The predicted molar refractivity (Wildman–Crippen MR) is 100 cm³/mol. The second kappa shape index (κ2) is 6.86. The number of likely N-dealkylation sites (tertiary alicyclic amines) is 2. The van der Waals surface area contributed by atoms with Crippen LogP contribution in [0.3, 0.4) is 0 Å². The molecule has 1 saturated carbocycles. The molecule has 4 nitrogen and oxygen atoms in total. The van der Waals surface area contributed by atoms with Crippen LogP contribution in [0.1, 0.15) is 33.1 Å². The van der Waals surface area contributed by atoms with Crippen LogP contribution < -0.4 is 0 Å². The minimum absolute atomic E-state index is 0.720. The minimum atomic E-state index is 0.720. The summed E-state index contributed by atoms with van der Waals surface area (Å²) in [6.45, 7) is 18.0. The lowest BCUT2D eigenvalue weighted by Gasteiger charge is -2.53. The molecule has 0 N–H and O–H groups in total. The van der Waals surface area contributed by atoms with E-state index in [0.29, 0.717) is 0 Å². The van der Waals surface area contributed by atoms with E-state index in [1.165, 1.54) is 84.7 Å². The van der Waals surface area contributed by atoms with Gasteiger partial charge < -0.3 is 9.80 Å². The summed E-state index contributed by atoms with van der Waals surface area (Å²) in [6, 6.07) is 0.878. The van der Waals surface area contributed by atoms with Crippen LogP contribution in [0.15, 0.2) is 0 Å². The van der Waals surface area contributed by atoms with E-state index in [0.717, 1.165) is 23.3 Å². The Hall–Kier alpha value is -0.160. The van der Waals surface area contributed by atoms with Crippen molar-refractivity contribution in [2.45, 2.75) is 39.2 Å². The second-order valence-electron chi connectivity index (χ2n) is 9.87. The number of hydrogen-bond donors (Lipinski definition) is 0. The van der Waals surface area contributed by atoms with Crippen molar-refractivity contribution < 1.29 is 0 Å². The largest absolute Gasteiger partial charge is 0.304 e. The summed E-state index contributed by atoms with van der Waals surface area (Å²) in [6.07, 6.45) is 4.43. The highest BCUT2D eigenvalue weighted by Gasteiger charge is 2.47. The maximum absolute atomic E-state index is 2.76. The fourth-order valence-corrected chi connectivity index (χ4v) is 5.27. The molecule has 0 aromatic carbocycles. The number of piperazine rings is 1. The summed E-state index contributed by atoms with van der Waals surface area (Å²) in [7, 11) is 2.25. The molecular weight excluding hydrogens is 296 g/mol. The number of likely N-dealkylation sites (N-methyl/N-ethyl adjacent to an activating group) is 1. The van der Waals surface area contributed by atoms with Gasteiger partial charge in [-0.15, -0.1) is 0 Å². The fourth-order valence-electron chi connectivity index (χ4n) is 5.27. The van der Waals surface area contributed by atoms with E-state index >= 15 is 0 Å². The van der Waals surface area contributed by atoms with Gasteiger partial charge in [0, 0.05) is 71.5 Å². The minimum Gasteiger partial charge on any atom is -0.304 e. The Morgan fingerprint density at radius 1 is 0.917 bits per heavy atom. The highest BCUT2D eigenvalue weighted by molar-refractivity contribution is 5.01. The van der Waals surface area contributed by atoms with Crippen molar-refractivity contribution in [3.8, 4) is 0 Å². The van der Waals surface area contributed by atoms with Gasteiger partial charge >= 0.3 is 0 Å². The van der Waals surface area contributed by atoms with Crippen LogP contribution >= 0.6 is 0 Å². The molecule has 4 aliphatic rings. The third-order valence-electron chi connectivity index (χ3n) is 6.91. The van der Waals surface area contributed by atoms with Gasteiger partial charge in [-0.3, -0.25) is 9.80 Å². The van der Waals surface area contributed by atoms with E-state index in [-0.39, 0.29) is 0 Å². The zero-order valence-electron chi connectivity index (χ0n) is 16.2. The molecule has 0 amide bonds. The summed E-state index contributed by atoms with van der Waals surface area (Å²) >= 11 is 0. The zero-order valence-corrected chi connectivity index (χ0v) is 16.2. The lowest BCUT2D eigenvalue weighted by atomic mass is 9.90. The highest BCUT2D eigenvalue weighted by atomic mass is 15.3. The molecule has 0 bridgehead atoms. The Labute approximate surface area is 149 Å². The first-order chi connectivity index (χ1) is 11.5. The normalized spacial score (nSPS) is 30.5. The third-order valence-corrected chi connectivity index (χ3v) is 6.91. The second-order valence-corrected chi connectivity index (χ2v) is 9.87. The van der Waals surface area contributed by atoms with Gasteiger partial charge in [0.25, 0.3) is 0 Å². The molecule has 24 heavy (non-hydrogen) atoms. The first-order valence-corrected chi connectivity index (χ1v) is 10.4. The summed E-state index contributed by atoms with van der Waals surface area (Å²) in [5.41, 5.74) is 0.720. The zero-order chi connectivity index (χ0) is 16.7. The molecular formula is C20H38N4. The number of rotatable bonds is 7. The van der Waals surface area contributed by atoms with E-state index in [9.17, 15) is 0 Å². The van der Waals surface area contributed by atoms with Crippen molar-refractivity contribution in [1.29, 1.82) is 0 Å². The Kier molecular flexibility index (Phi) is 4.94. The number of hydrogen-bond acceptors (Lipinski definition) is 4. The SMILES string of the molecule is CC(C)CC1(CN2CC(N3CC(CN4CCN(C)CC4)C3)C2)CC1. The van der Waals surface area contributed by atoms with E-state index in [1.54, 1.807) is 0 Å². The number of nitrogens with zero attached hydrogens (tertiary/aromatic N) is 4. The topological polar surface area (TPSA) is 13.0 Å². The Morgan fingerprint density at radius 3 is 2.17 bits per heavy atom. The molecule has 0 aromatic rings. The molecule has 3 aliphatic heterocycles. The first kappa shape index (κ1) is 17.3. The van der Waals surface area contributed by atoms with E-state index < -0.39 is 0 Å². The Bertz CT molecular complexity index is 413. The standard InChI is InChI=1S/C20H38N4/c1-17(2)10-20(4-5-20)16-23-14-19(15-23)24-12-18(13-24)11-22-8-6-21(3)7-9-22/h17-19H,4-16H2,1-3H3. The highest BCUT2D eigenvalue weighted by Crippen LogP contribution is 2.51. The molecule has 0 aromatic heterocycles. The van der Waals surface area contributed by atoms with Crippen molar-refractivity contribution in [1.82, 2.24) is 19.6 Å². The third kappa shape index (κ3) is 3.98. The summed E-state index contributed by atoms with van der Waals surface area (Å²) in [4.78, 5) is 10.7. The van der Waals surface area contributed by atoms with Gasteiger partial charge in [-0.25, -0.2) is 0 Å². The van der Waals surface area contributed by atoms with Crippen molar-refractivity contribution in [3.63, 3.8) is 0 Å². The molecule has 3 saturated heterocycles. The molecule has 138 valence electrons. The molecule has 0 radical (unpaired) electrons. The lowest BCUT2D eigenvalue weighted by Crippen LogP contribution is -2.67. The van der Waals surface area contributed by atoms with Crippen molar-refractivity contribution in [2.24, 2.45) is 17.3 Å². The van der Waals surface area contributed by atoms with Crippen molar-refractivity contribution in [2.75, 3.05) is 72.5 Å². The Balaban J connectivity index is 1.10. The van der Waals surface area contributed by atoms with Crippen molar-refractivity contribution in [3.05, 3.63) is 0 Å². The molecule has 4 rings (SSSR count). The Morgan fingerprint density at radius 2 is 1.58 bits per heavy atom. The summed E-state index contributed by atoms with van der Waals surface area (Å²) in [5, 5.41) is 0. The van der Waals surface area contributed by atoms with Gasteiger partial charge in [-0.05, 0) is 43.6 Å². The molecule has 0 spiro atoms. The van der Waals surface area contributed by atoms with Gasteiger partial charge in [0.15, 0.2) is 0 Å². The van der Waals surface area contributed by atoms with Gasteiger partial charge in [0.2, 0.25) is 0 Å². The maximum atomic E-state index is 2.76. The van der Waals surface area contributed by atoms with E-state index in [2.05, 4.69) is 40.5 Å². The van der Waals surface area contributed by atoms with Gasteiger partial charge in [-0.2, -0.15) is 0 Å². The van der Waals surface area contributed by atoms with Gasteiger partial charge in [-0.1, -0.05) is 13.8 Å². The smallest absolute Gasteiger partial charge is 0.0350 e. The van der Waals surface area contributed by atoms with Crippen LogP contribution in [0.2, 0.25) is 0 Å². The van der Waals surface area contributed by atoms with Crippen LogP contribution in [0.4, 0.5) is 0 Å². The summed E-state index contributed by atoms with van der Waals surface area (Å²) in [5.74, 6) is 1.81. The van der Waals surface area contributed by atoms with Crippen LogP contribution in [-0.2, 0) is 0 Å². The van der Waals surface area contributed by atoms with Gasteiger partial charge in [0.05, 0.1) is 0 Å². The molecule has 4 heteroatoms. The average molecular weight is 335 g/mol. The van der Waals surface area contributed by atoms with Crippen molar-refractivity contribution >= 4 is 0 Å². The van der Waals surface area contributed by atoms with Crippen LogP contribution in [0.5, 0.6) is 0 Å². The molecule has 4 fully saturated rings. The van der Waals surface area contributed by atoms with Gasteiger partial charge in [0.1, 0.15) is 0 Å². The molecule has 1 aliphatic carbocycles. The molecule has 3 heterocycles. The quantitative estimate of drug-likeness (QED) is 0.702. The van der Waals surface area contributed by atoms with E-state index in [4.69, 9.17) is 0 Å². The van der Waals surface area contributed by atoms with Crippen LogP contribution in [0.25, 0.3) is 0 Å². The monoisotopic (exact) mass is 334 g/mol. The predicted octanol–water partition coefficient (Wildman–Crippen LogP) is 1.68. The van der Waals surface area contributed by atoms with Crippen LogP contribution in [-0.4, -0.2) is 98.1 Å². The summed E-state index contributed by atoms with van der Waals surface area (Å²) < 4.78 is 0. The molecule has 0 atom stereocenters. The fraction of sp³-hybridized carbons (Fsp3) is 1.00. The maximum Gasteiger partial charge on any atom is 0.0350 e. The van der Waals surface area contributed by atoms with E-state index in [1.807, 2.05) is 0 Å². The average Bonchev–Trinajstić information content (AvgIpc) is 3.19. The first-order valence-electron chi connectivity index (χ1n) is 10.4. The van der Waals surface area contributed by atoms with Crippen LogP contribution in [0, 0.1) is 17.3 Å².